The molecule has 6 nitrogen and oxygen atoms in total. The molecule has 0 unspecified atom stereocenters. The molecule has 1 aliphatic heterocycles. The van der Waals surface area contributed by atoms with E-state index in [-0.39, 0.29) is 36.0 Å². The van der Waals surface area contributed by atoms with E-state index in [1.54, 1.807) is 12.1 Å². The van der Waals surface area contributed by atoms with Crippen LogP contribution in [0.1, 0.15) is 5.56 Å². The van der Waals surface area contributed by atoms with Gasteiger partial charge in [0, 0.05) is 18.7 Å². The molecule has 0 spiro atoms. The van der Waals surface area contributed by atoms with E-state index in [2.05, 4.69) is 11.8 Å². The standard InChI is InChI=1S/C13H16N2O4S2/c14-7-1-2-12-3-5-13(6-4-12)21(18,19)15-8-10-20(16,17)11-9-15/h3-6H,7-11,14H2. The molecule has 1 aromatic rings. The number of rotatable bonds is 2. The average Bonchev–Trinajstić information content (AvgIpc) is 2.45. The predicted octanol–water partition coefficient (Wildman–Crippen LogP) is -0.584. The molecule has 1 aliphatic rings. The second kappa shape index (κ2) is 6.15. The molecule has 0 aliphatic carbocycles. The first-order chi connectivity index (χ1) is 9.85. The monoisotopic (exact) mass is 328 g/mol. The molecule has 0 amide bonds. The quantitative estimate of drug-likeness (QED) is 0.732. The zero-order valence-corrected chi connectivity index (χ0v) is 13.0. The summed E-state index contributed by atoms with van der Waals surface area (Å²) in [6, 6.07) is 6.16. The fourth-order valence-electron chi connectivity index (χ4n) is 1.95. The summed E-state index contributed by atoms with van der Waals surface area (Å²) < 4.78 is 48.7. The molecule has 114 valence electrons. The highest BCUT2D eigenvalue weighted by Crippen LogP contribution is 2.18. The van der Waals surface area contributed by atoms with Gasteiger partial charge in [-0.05, 0) is 24.3 Å². The van der Waals surface area contributed by atoms with E-state index in [0.29, 0.717) is 5.56 Å². The third-order valence-electron chi connectivity index (χ3n) is 3.13. The van der Waals surface area contributed by atoms with Crippen molar-refractivity contribution in [3.8, 4) is 11.8 Å². The van der Waals surface area contributed by atoms with Crippen LogP contribution in [0, 0.1) is 11.8 Å². The lowest BCUT2D eigenvalue weighted by Crippen LogP contribution is -2.43. The topological polar surface area (TPSA) is 97.5 Å². The van der Waals surface area contributed by atoms with E-state index < -0.39 is 19.9 Å². The molecular weight excluding hydrogens is 312 g/mol. The largest absolute Gasteiger partial charge is 0.320 e. The van der Waals surface area contributed by atoms with Crippen molar-refractivity contribution < 1.29 is 16.8 Å². The minimum absolute atomic E-state index is 0.000598. The molecule has 2 N–H and O–H groups in total. The van der Waals surface area contributed by atoms with Crippen LogP contribution < -0.4 is 5.73 Å². The van der Waals surface area contributed by atoms with Crippen molar-refractivity contribution in [3.05, 3.63) is 29.8 Å². The summed E-state index contributed by atoms with van der Waals surface area (Å²) in [7, 11) is -6.76. The van der Waals surface area contributed by atoms with Gasteiger partial charge >= 0.3 is 0 Å². The lowest BCUT2D eigenvalue weighted by atomic mass is 10.2. The summed E-state index contributed by atoms with van der Waals surface area (Å²) in [5, 5.41) is 0. The van der Waals surface area contributed by atoms with Crippen LogP contribution in [0.15, 0.2) is 29.2 Å². The van der Waals surface area contributed by atoms with Crippen LogP contribution in [-0.2, 0) is 19.9 Å². The van der Waals surface area contributed by atoms with Gasteiger partial charge in [0.1, 0.15) is 0 Å². The van der Waals surface area contributed by atoms with E-state index in [4.69, 9.17) is 5.73 Å². The second-order valence-corrected chi connectivity index (χ2v) is 8.83. The third kappa shape index (κ3) is 3.83. The number of hydrogen-bond donors (Lipinski definition) is 1. The summed E-state index contributed by atoms with van der Waals surface area (Å²) in [4.78, 5) is 0.139. The first kappa shape index (κ1) is 16.0. The molecule has 1 heterocycles. The van der Waals surface area contributed by atoms with Gasteiger partial charge in [0.05, 0.1) is 22.9 Å². The molecule has 1 fully saturated rings. The van der Waals surface area contributed by atoms with Gasteiger partial charge in [0.25, 0.3) is 0 Å². The van der Waals surface area contributed by atoms with Crippen molar-refractivity contribution in [1.29, 1.82) is 0 Å². The van der Waals surface area contributed by atoms with Crippen LogP contribution in [0.25, 0.3) is 0 Å². The Kier molecular flexibility index (Phi) is 4.68. The second-order valence-electron chi connectivity index (χ2n) is 4.59. The summed E-state index contributed by atoms with van der Waals surface area (Å²) in [6.07, 6.45) is 0. The number of sulfone groups is 1. The predicted molar refractivity (Wildman–Crippen MR) is 79.8 cm³/mol. The number of hydrogen-bond acceptors (Lipinski definition) is 5. The highest BCUT2D eigenvalue weighted by Gasteiger charge is 2.30. The molecule has 0 bridgehead atoms. The maximum absolute atomic E-state index is 12.4. The van der Waals surface area contributed by atoms with E-state index in [9.17, 15) is 16.8 Å². The van der Waals surface area contributed by atoms with Gasteiger partial charge in [0.2, 0.25) is 10.0 Å². The third-order valence-corrected chi connectivity index (χ3v) is 6.65. The SMILES string of the molecule is NCC#Cc1ccc(S(=O)(=O)N2CCS(=O)(=O)CC2)cc1. The van der Waals surface area contributed by atoms with Crippen molar-refractivity contribution in [2.45, 2.75) is 4.90 Å². The van der Waals surface area contributed by atoms with Crippen molar-refractivity contribution in [2.75, 3.05) is 31.1 Å². The van der Waals surface area contributed by atoms with E-state index in [1.807, 2.05) is 0 Å². The maximum atomic E-state index is 12.4. The summed E-state index contributed by atoms with van der Waals surface area (Å²) >= 11 is 0. The highest BCUT2D eigenvalue weighted by molar-refractivity contribution is 7.92. The van der Waals surface area contributed by atoms with Crippen molar-refractivity contribution >= 4 is 19.9 Å². The van der Waals surface area contributed by atoms with Crippen LogP contribution >= 0.6 is 0 Å². The van der Waals surface area contributed by atoms with E-state index >= 15 is 0 Å². The zero-order chi connectivity index (χ0) is 15.5. The molecule has 0 radical (unpaired) electrons. The summed E-state index contributed by atoms with van der Waals surface area (Å²) in [6.45, 7) is 0.237. The first-order valence-corrected chi connectivity index (χ1v) is 9.61. The molecule has 8 heteroatoms. The van der Waals surface area contributed by atoms with Gasteiger partial charge in [-0.2, -0.15) is 4.31 Å². The fourth-order valence-corrected chi connectivity index (χ4v) is 4.82. The molecular formula is C13H16N2O4S2. The molecule has 2 rings (SSSR count). The Morgan fingerprint density at radius 1 is 1.14 bits per heavy atom. The first-order valence-electron chi connectivity index (χ1n) is 6.35. The van der Waals surface area contributed by atoms with Gasteiger partial charge in [0.15, 0.2) is 9.84 Å². The van der Waals surface area contributed by atoms with Crippen LogP contribution in [0.3, 0.4) is 0 Å². The smallest absolute Gasteiger partial charge is 0.243 e. The van der Waals surface area contributed by atoms with Gasteiger partial charge in [-0.1, -0.05) is 11.8 Å². The molecule has 0 aromatic heterocycles. The summed E-state index contributed by atoms with van der Waals surface area (Å²) in [5.74, 6) is 5.23. The average molecular weight is 328 g/mol. The lowest BCUT2D eigenvalue weighted by Gasteiger charge is -2.25. The normalized spacial score (nSPS) is 18.7. The Morgan fingerprint density at radius 2 is 1.71 bits per heavy atom. The Morgan fingerprint density at radius 3 is 2.24 bits per heavy atom. The minimum Gasteiger partial charge on any atom is -0.320 e. The van der Waals surface area contributed by atoms with Crippen molar-refractivity contribution in [1.82, 2.24) is 4.31 Å². The number of sulfonamides is 1. The van der Waals surface area contributed by atoms with Crippen LogP contribution in [0.4, 0.5) is 0 Å². The Labute approximate surface area is 124 Å². The molecule has 21 heavy (non-hydrogen) atoms. The summed E-state index contributed by atoms with van der Waals surface area (Å²) in [5.41, 5.74) is 5.95. The van der Waals surface area contributed by atoms with Crippen molar-refractivity contribution in [2.24, 2.45) is 5.73 Å². The molecule has 0 atom stereocenters. The van der Waals surface area contributed by atoms with Crippen LogP contribution in [0.2, 0.25) is 0 Å². The fraction of sp³-hybridized carbons (Fsp3) is 0.385. The number of nitrogens with zero attached hydrogens (tertiary/aromatic N) is 1. The van der Waals surface area contributed by atoms with E-state index in [1.165, 1.54) is 16.4 Å². The molecule has 1 aromatic carbocycles. The van der Waals surface area contributed by atoms with Gasteiger partial charge in [-0.15, -0.1) is 0 Å². The number of nitrogens with two attached hydrogens (primary N) is 1. The maximum Gasteiger partial charge on any atom is 0.243 e. The lowest BCUT2D eigenvalue weighted by molar-refractivity contribution is 0.431. The molecule has 1 saturated heterocycles. The zero-order valence-electron chi connectivity index (χ0n) is 11.3. The number of benzene rings is 1. The van der Waals surface area contributed by atoms with E-state index in [0.717, 1.165) is 0 Å². The van der Waals surface area contributed by atoms with Gasteiger partial charge < -0.3 is 5.73 Å². The Hall–Kier alpha value is -1.40. The Bertz CT molecular complexity index is 758. The highest BCUT2D eigenvalue weighted by atomic mass is 32.2. The Balaban J connectivity index is 2.20. The minimum atomic E-state index is -3.65. The molecule has 0 saturated carbocycles. The van der Waals surface area contributed by atoms with Crippen molar-refractivity contribution in [3.63, 3.8) is 0 Å². The van der Waals surface area contributed by atoms with Crippen LogP contribution in [-0.4, -0.2) is 52.3 Å². The van der Waals surface area contributed by atoms with Crippen LogP contribution in [0.5, 0.6) is 0 Å². The van der Waals surface area contributed by atoms with Gasteiger partial charge in [-0.3, -0.25) is 0 Å². The van der Waals surface area contributed by atoms with Gasteiger partial charge in [-0.25, -0.2) is 16.8 Å².